The van der Waals surface area contributed by atoms with Gasteiger partial charge >= 0.3 is 6.03 Å². The number of unbranched alkanes of at least 4 members (excludes halogenated alkanes) is 1. The van der Waals surface area contributed by atoms with Crippen LogP contribution in [0.25, 0.3) is 0 Å². The lowest BCUT2D eigenvalue weighted by molar-refractivity contribution is 0.117. The van der Waals surface area contributed by atoms with Crippen molar-refractivity contribution in [1.82, 2.24) is 15.1 Å². The van der Waals surface area contributed by atoms with E-state index in [2.05, 4.69) is 17.1 Å². The minimum atomic E-state index is 0.139. The summed E-state index contributed by atoms with van der Waals surface area (Å²) in [5.74, 6) is 0. The average molecular weight is 225 g/mol. The number of carbonyl (C=O) groups is 1. The second-order valence-electron chi connectivity index (χ2n) is 4.86. The van der Waals surface area contributed by atoms with Crippen LogP contribution in [0, 0.1) is 0 Å². The van der Waals surface area contributed by atoms with Gasteiger partial charge in [0, 0.05) is 32.2 Å². The molecule has 16 heavy (non-hydrogen) atoms. The molecule has 0 aromatic heterocycles. The molecule has 2 aliphatic rings. The van der Waals surface area contributed by atoms with Crippen molar-refractivity contribution in [2.75, 3.05) is 32.7 Å². The van der Waals surface area contributed by atoms with Gasteiger partial charge in [0.2, 0.25) is 0 Å². The molecule has 1 N–H and O–H groups in total. The largest absolute Gasteiger partial charge is 0.338 e. The summed E-state index contributed by atoms with van der Waals surface area (Å²) in [5, 5.41) is 3.00. The second-order valence-corrected chi connectivity index (χ2v) is 4.86. The summed E-state index contributed by atoms with van der Waals surface area (Å²) in [6.45, 7) is 7.08. The quantitative estimate of drug-likeness (QED) is 0.734. The lowest BCUT2D eigenvalue weighted by Gasteiger charge is -2.37. The van der Waals surface area contributed by atoms with Crippen LogP contribution >= 0.6 is 0 Å². The van der Waals surface area contributed by atoms with Crippen molar-refractivity contribution in [1.29, 1.82) is 0 Å². The number of nitrogens with zero attached hydrogens (tertiary/aromatic N) is 2. The topological polar surface area (TPSA) is 35.6 Å². The van der Waals surface area contributed by atoms with Crippen LogP contribution in [0.15, 0.2) is 0 Å². The Morgan fingerprint density at radius 3 is 3.06 bits per heavy atom. The van der Waals surface area contributed by atoms with E-state index in [-0.39, 0.29) is 6.03 Å². The number of piperazine rings is 1. The Bertz CT molecular complexity index is 244. The monoisotopic (exact) mass is 225 g/mol. The van der Waals surface area contributed by atoms with Gasteiger partial charge in [0.15, 0.2) is 0 Å². The molecule has 0 aliphatic carbocycles. The van der Waals surface area contributed by atoms with Crippen molar-refractivity contribution in [3.63, 3.8) is 0 Å². The molecule has 0 aromatic rings. The highest BCUT2D eigenvalue weighted by Crippen LogP contribution is 2.21. The molecule has 2 fully saturated rings. The van der Waals surface area contributed by atoms with E-state index in [9.17, 15) is 4.79 Å². The molecule has 4 nitrogen and oxygen atoms in total. The van der Waals surface area contributed by atoms with E-state index in [4.69, 9.17) is 0 Å². The van der Waals surface area contributed by atoms with Crippen LogP contribution in [0.5, 0.6) is 0 Å². The first-order valence-corrected chi connectivity index (χ1v) is 6.58. The second kappa shape index (κ2) is 5.53. The maximum Gasteiger partial charge on any atom is 0.317 e. The summed E-state index contributed by atoms with van der Waals surface area (Å²) in [6.07, 6.45) is 4.78. The molecule has 0 saturated carbocycles. The van der Waals surface area contributed by atoms with Crippen LogP contribution in [0.2, 0.25) is 0 Å². The normalized spacial score (nSPS) is 25.6. The number of amides is 2. The molecule has 92 valence electrons. The predicted molar refractivity (Wildman–Crippen MR) is 64.5 cm³/mol. The Morgan fingerprint density at radius 1 is 1.38 bits per heavy atom. The third kappa shape index (κ3) is 2.67. The van der Waals surface area contributed by atoms with Gasteiger partial charge in [-0.05, 0) is 25.8 Å². The zero-order valence-corrected chi connectivity index (χ0v) is 10.2. The highest BCUT2D eigenvalue weighted by Gasteiger charge is 2.32. The fourth-order valence-corrected chi connectivity index (χ4v) is 2.66. The van der Waals surface area contributed by atoms with Crippen molar-refractivity contribution in [3.8, 4) is 0 Å². The highest BCUT2D eigenvalue weighted by molar-refractivity contribution is 5.74. The lowest BCUT2D eigenvalue weighted by Crippen LogP contribution is -2.54. The third-order valence-corrected chi connectivity index (χ3v) is 3.68. The first-order valence-electron chi connectivity index (χ1n) is 6.58. The van der Waals surface area contributed by atoms with Crippen LogP contribution in [0.4, 0.5) is 4.79 Å². The van der Waals surface area contributed by atoms with Gasteiger partial charge in [-0.25, -0.2) is 4.79 Å². The van der Waals surface area contributed by atoms with Gasteiger partial charge in [0.1, 0.15) is 0 Å². The highest BCUT2D eigenvalue weighted by atomic mass is 16.2. The molecular weight excluding hydrogens is 202 g/mol. The van der Waals surface area contributed by atoms with Gasteiger partial charge in [0.05, 0.1) is 0 Å². The van der Waals surface area contributed by atoms with E-state index in [1.54, 1.807) is 0 Å². The summed E-state index contributed by atoms with van der Waals surface area (Å²) in [4.78, 5) is 16.4. The molecule has 0 aromatic carbocycles. The molecule has 0 bridgehead atoms. The summed E-state index contributed by atoms with van der Waals surface area (Å²) in [7, 11) is 0. The maximum atomic E-state index is 11.9. The Kier molecular flexibility index (Phi) is 4.04. The zero-order chi connectivity index (χ0) is 11.4. The van der Waals surface area contributed by atoms with Crippen molar-refractivity contribution in [3.05, 3.63) is 0 Å². The fraction of sp³-hybridized carbons (Fsp3) is 0.917. The smallest absolute Gasteiger partial charge is 0.317 e. The Morgan fingerprint density at radius 2 is 2.25 bits per heavy atom. The summed E-state index contributed by atoms with van der Waals surface area (Å²) in [6, 6.07) is 0.769. The van der Waals surface area contributed by atoms with Crippen LogP contribution in [0.1, 0.15) is 32.6 Å². The molecule has 2 amide bonds. The van der Waals surface area contributed by atoms with Gasteiger partial charge < -0.3 is 10.2 Å². The van der Waals surface area contributed by atoms with Crippen molar-refractivity contribution in [2.45, 2.75) is 38.6 Å². The molecule has 1 atom stereocenters. The number of fused-ring (bicyclic) bond motifs is 1. The Labute approximate surface area is 98.0 Å². The van der Waals surface area contributed by atoms with Crippen LogP contribution in [-0.2, 0) is 0 Å². The van der Waals surface area contributed by atoms with E-state index in [0.717, 1.165) is 39.0 Å². The molecule has 0 radical (unpaired) electrons. The Balaban J connectivity index is 1.75. The number of nitrogens with one attached hydrogen (secondary N) is 1. The minimum Gasteiger partial charge on any atom is -0.338 e. The van der Waals surface area contributed by atoms with Gasteiger partial charge in [-0.1, -0.05) is 13.3 Å². The molecular formula is C12H23N3O. The Hall–Kier alpha value is -0.770. The van der Waals surface area contributed by atoms with Crippen LogP contribution in [-0.4, -0.2) is 54.6 Å². The van der Waals surface area contributed by atoms with Gasteiger partial charge in [-0.3, -0.25) is 4.90 Å². The molecule has 2 heterocycles. The number of hydrogen-bond donors (Lipinski definition) is 1. The number of hydrogen-bond acceptors (Lipinski definition) is 2. The maximum absolute atomic E-state index is 11.9. The average Bonchev–Trinajstić information content (AvgIpc) is 2.76. The lowest BCUT2D eigenvalue weighted by atomic mass is 10.2. The van der Waals surface area contributed by atoms with E-state index >= 15 is 0 Å². The summed E-state index contributed by atoms with van der Waals surface area (Å²) < 4.78 is 0. The van der Waals surface area contributed by atoms with Gasteiger partial charge in [-0.2, -0.15) is 0 Å². The van der Waals surface area contributed by atoms with E-state index in [0.29, 0.717) is 6.04 Å². The predicted octanol–water partition coefficient (Wildman–Crippen LogP) is 1.28. The molecule has 2 saturated heterocycles. The van der Waals surface area contributed by atoms with Crippen molar-refractivity contribution in [2.24, 2.45) is 0 Å². The standard InChI is InChI=1S/C12H23N3O/c1-2-3-6-13-12(16)15-9-8-14-7-4-5-11(14)10-15/h11H,2-10H2,1H3,(H,13,16). The SMILES string of the molecule is CCCCNC(=O)N1CCN2CCCC2C1. The van der Waals surface area contributed by atoms with E-state index in [1.807, 2.05) is 4.90 Å². The molecule has 4 heteroatoms. The molecule has 1 unspecified atom stereocenters. The number of urea groups is 1. The van der Waals surface area contributed by atoms with Gasteiger partial charge in [-0.15, -0.1) is 0 Å². The van der Waals surface area contributed by atoms with E-state index < -0.39 is 0 Å². The number of rotatable bonds is 3. The molecule has 2 rings (SSSR count). The van der Waals surface area contributed by atoms with Gasteiger partial charge in [0.25, 0.3) is 0 Å². The van der Waals surface area contributed by atoms with Crippen molar-refractivity contribution >= 4 is 6.03 Å². The minimum absolute atomic E-state index is 0.139. The van der Waals surface area contributed by atoms with Crippen LogP contribution < -0.4 is 5.32 Å². The summed E-state index contributed by atoms with van der Waals surface area (Å²) in [5.41, 5.74) is 0. The molecule has 0 spiro atoms. The molecule has 2 aliphatic heterocycles. The summed E-state index contributed by atoms with van der Waals surface area (Å²) >= 11 is 0. The fourth-order valence-electron chi connectivity index (χ4n) is 2.66. The first-order chi connectivity index (χ1) is 7.81. The zero-order valence-electron chi connectivity index (χ0n) is 10.2. The third-order valence-electron chi connectivity index (χ3n) is 3.68. The first kappa shape index (κ1) is 11.7. The van der Waals surface area contributed by atoms with Crippen LogP contribution in [0.3, 0.4) is 0 Å². The number of carbonyl (C=O) groups excluding carboxylic acids is 1. The van der Waals surface area contributed by atoms with E-state index in [1.165, 1.54) is 19.4 Å². The van der Waals surface area contributed by atoms with Crippen molar-refractivity contribution < 1.29 is 4.79 Å².